The summed E-state index contributed by atoms with van der Waals surface area (Å²) in [4.78, 5) is 18.3. The van der Waals surface area contributed by atoms with E-state index in [-0.39, 0.29) is 19.0 Å². The first-order chi connectivity index (χ1) is 11.6. The summed E-state index contributed by atoms with van der Waals surface area (Å²) in [6, 6.07) is 9.22. The van der Waals surface area contributed by atoms with Gasteiger partial charge in [-0.2, -0.15) is 0 Å². The highest BCUT2D eigenvalue weighted by atomic mass is 16.6. The molecule has 0 saturated heterocycles. The number of aliphatic hydroxyl groups is 1. The van der Waals surface area contributed by atoms with Crippen LogP contribution in [0.2, 0.25) is 0 Å². The third kappa shape index (κ3) is 3.33. The van der Waals surface area contributed by atoms with Gasteiger partial charge in [-0.25, -0.2) is 0 Å². The number of pyridine rings is 1. The molecule has 0 aliphatic carbocycles. The van der Waals surface area contributed by atoms with E-state index in [4.69, 9.17) is 4.74 Å². The normalized spacial score (nSPS) is 12.2. The Morgan fingerprint density at radius 2 is 2.25 bits per heavy atom. The Bertz CT molecular complexity index is 877. The Kier molecular flexibility index (Phi) is 4.39. The van der Waals surface area contributed by atoms with Crippen LogP contribution < -0.4 is 4.74 Å². The number of benzene rings is 1. The second kappa shape index (κ2) is 6.63. The first-order valence-electron chi connectivity index (χ1n) is 7.37. The van der Waals surface area contributed by atoms with Gasteiger partial charge >= 0.3 is 5.82 Å². The number of hydrogen-bond acceptors (Lipinski definition) is 6. The van der Waals surface area contributed by atoms with Gasteiger partial charge < -0.3 is 24.5 Å². The maximum atomic E-state index is 10.8. The van der Waals surface area contributed by atoms with E-state index in [1.54, 1.807) is 23.8 Å². The Morgan fingerprint density at radius 3 is 2.96 bits per heavy atom. The van der Waals surface area contributed by atoms with Crippen molar-refractivity contribution in [2.45, 2.75) is 19.6 Å². The second-order valence-corrected chi connectivity index (χ2v) is 5.34. The molecule has 1 aromatic carbocycles. The molecule has 124 valence electrons. The Morgan fingerprint density at radius 1 is 1.42 bits per heavy atom. The fourth-order valence-corrected chi connectivity index (χ4v) is 2.44. The van der Waals surface area contributed by atoms with Gasteiger partial charge in [-0.05, 0) is 34.2 Å². The molecule has 8 nitrogen and oxygen atoms in total. The van der Waals surface area contributed by atoms with Crippen molar-refractivity contribution >= 4 is 16.7 Å². The van der Waals surface area contributed by atoms with Crippen molar-refractivity contribution in [1.29, 1.82) is 0 Å². The Balaban J connectivity index is 1.77. The van der Waals surface area contributed by atoms with Gasteiger partial charge in [0.1, 0.15) is 18.1 Å². The van der Waals surface area contributed by atoms with Crippen LogP contribution in [0.4, 0.5) is 5.82 Å². The van der Waals surface area contributed by atoms with E-state index in [0.717, 1.165) is 10.9 Å². The molecular formula is C16H16N4O4. The summed E-state index contributed by atoms with van der Waals surface area (Å²) in [6.45, 7) is 1.70. The molecule has 24 heavy (non-hydrogen) atoms. The van der Waals surface area contributed by atoms with Crippen LogP contribution in [-0.2, 0) is 6.54 Å². The topological polar surface area (TPSA) is 103 Å². The van der Waals surface area contributed by atoms with Gasteiger partial charge in [0.15, 0.2) is 0 Å². The molecule has 2 heterocycles. The first-order valence-corrected chi connectivity index (χ1v) is 7.37. The number of aliphatic hydroxyl groups excluding tert-OH is 1. The lowest BCUT2D eigenvalue weighted by atomic mass is 10.2. The van der Waals surface area contributed by atoms with E-state index in [1.807, 2.05) is 24.3 Å². The van der Waals surface area contributed by atoms with Crippen molar-refractivity contribution in [3.05, 3.63) is 58.7 Å². The van der Waals surface area contributed by atoms with Gasteiger partial charge in [-0.15, -0.1) is 0 Å². The van der Waals surface area contributed by atoms with Crippen LogP contribution in [0.1, 0.15) is 5.82 Å². The second-order valence-electron chi connectivity index (χ2n) is 5.34. The number of aromatic nitrogens is 3. The molecule has 0 bridgehead atoms. The van der Waals surface area contributed by atoms with Crippen LogP contribution >= 0.6 is 0 Å². The van der Waals surface area contributed by atoms with Crippen LogP contribution in [-0.4, -0.2) is 37.3 Å². The molecule has 3 aromatic rings. The van der Waals surface area contributed by atoms with Crippen LogP contribution in [0, 0.1) is 17.0 Å². The molecule has 0 saturated carbocycles. The Labute approximate surface area is 137 Å². The number of ether oxygens (including phenoxy) is 1. The molecule has 0 aliphatic heterocycles. The highest BCUT2D eigenvalue weighted by Gasteiger charge is 2.19. The minimum atomic E-state index is -0.549. The quantitative estimate of drug-likeness (QED) is 0.549. The van der Waals surface area contributed by atoms with Crippen molar-refractivity contribution in [3.63, 3.8) is 0 Å². The van der Waals surface area contributed by atoms with Crippen molar-refractivity contribution in [2.75, 3.05) is 6.61 Å². The van der Waals surface area contributed by atoms with E-state index in [0.29, 0.717) is 11.6 Å². The number of hydrogen-bond donors (Lipinski definition) is 1. The number of nitrogens with zero attached hydrogens (tertiary/aromatic N) is 4. The molecular weight excluding hydrogens is 312 g/mol. The fraction of sp³-hybridized carbons (Fsp3) is 0.250. The van der Waals surface area contributed by atoms with Gasteiger partial charge in [-0.3, -0.25) is 4.98 Å². The van der Waals surface area contributed by atoms with Crippen LogP contribution in [0.15, 0.2) is 42.7 Å². The predicted molar refractivity (Wildman–Crippen MR) is 86.9 cm³/mol. The summed E-state index contributed by atoms with van der Waals surface area (Å²) in [6.07, 6.45) is 2.51. The third-order valence-electron chi connectivity index (χ3n) is 3.63. The molecule has 0 fully saturated rings. The average Bonchev–Trinajstić information content (AvgIpc) is 2.95. The number of rotatable bonds is 6. The van der Waals surface area contributed by atoms with Gasteiger partial charge in [0.25, 0.3) is 0 Å². The maximum Gasteiger partial charge on any atom is 0.381 e. The van der Waals surface area contributed by atoms with Crippen molar-refractivity contribution in [1.82, 2.24) is 14.5 Å². The van der Waals surface area contributed by atoms with Crippen LogP contribution in [0.25, 0.3) is 10.9 Å². The maximum absolute atomic E-state index is 10.8. The van der Waals surface area contributed by atoms with Crippen molar-refractivity contribution < 1.29 is 14.8 Å². The highest BCUT2D eigenvalue weighted by molar-refractivity contribution is 5.79. The largest absolute Gasteiger partial charge is 0.486 e. The van der Waals surface area contributed by atoms with Gasteiger partial charge in [0, 0.05) is 18.5 Å². The molecule has 0 spiro atoms. The first kappa shape index (κ1) is 15.9. The number of imidazole rings is 1. The Hall–Kier alpha value is -3.00. The molecule has 0 aliphatic rings. The highest BCUT2D eigenvalue weighted by Crippen LogP contribution is 2.21. The summed E-state index contributed by atoms with van der Waals surface area (Å²) >= 11 is 0. The summed E-state index contributed by atoms with van der Waals surface area (Å²) in [5, 5.41) is 21.3. The molecule has 0 radical (unpaired) electrons. The summed E-state index contributed by atoms with van der Waals surface area (Å²) < 4.78 is 7.40. The number of aryl methyl sites for hydroxylation is 1. The van der Waals surface area contributed by atoms with Crippen LogP contribution in [0.5, 0.6) is 5.75 Å². The zero-order valence-corrected chi connectivity index (χ0v) is 13.0. The molecule has 1 atom stereocenters. The minimum Gasteiger partial charge on any atom is -0.486 e. The summed E-state index contributed by atoms with van der Waals surface area (Å²) in [5.41, 5.74) is 0.853. The fourth-order valence-electron chi connectivity index (χ4n) is 2.44. The average molecular weight is 328 g/mol. The smallest absolute Gasteiger partial charge is 0.381 e. The summed E-state index contributed by atoms with van der Waals surface area (Å²) in [7, 11) is 0. The minimum absolute atomic E-state index is 0.221. The van der Waals surface area contributed by atoms with Crippen molar-refractivity contribution in [3.8, 4) is 5.75 Å². The number of nitro groups is 1. The van der Waals surface area contributed by atoms with E-state index in [2.05, 4.69) is 9.97 Å². The SMILES string of the molecule is Cc1nc([N+](=O)[O-])cn1CC(CO)Oc1ccc2ncccc2c1. The molecule has 0 amide bonds. The van der Waals surface area contributed by atoms with Gasteiger partial charge in [0.05, 0.1) is 18.7 Å². The van der Waals surface area contributed by atoms with Gasteiger partial charge in [-0.1, -0.05) is 6.07 Å². The molecule has 1 N–H and O–H groups in total. The van der Waals surface area contributed by atoms with E-state index in [1.165, 1.54) is 6.20 Å². The van der Waals surface area contributed by atoms with Gasteiger partial charge in [0.2, 0.25) is 5.82 Å². The summed E-state index contributed by atoms with van der Waals surface area (Å²) in [5.74, 6) is 0.870. The zero-order valence-electron chi connectivity index (χ0n) is 13.0. The van der Waals surface area contributed by atoms with E-state index < -0.39 is 11.0 Å². The zero-order chi connectivity index (χ0) is 17.1. The standard InChI is InChI=1S/C16H16N4O4/c1-11-18-16(20(22)23)9-19(11)8-14(10-21)24-13-4-5-15-12(7-13)3-2-6-17-15/h2-7,9,14,21H,8,10H2,1H3. The van der Waals surface area contributed by atoms with E-state index in [9.17, 15) is 15.2 Å². The molecule has 8 heteroatoms. The number of fused-ring (bicyclic) bond motifs is 1. The molecule has 2 aromatic heterocycles. The van der Waals surface area contributed by atoms with E-state index >= 15 is 0 Å². The van der Waals surface area contributed by atoms with Crippen molar-refractivity contribution in [2.24, 2.45) is 0 Å². The lowest BCUT2D eigenvalue weighted by Gasteiger charge is -2.17. The van der Waals surface area contributed by atoms with Crippen LogP contribution in [0.3, 0.4) is 0 Å². The molecule has 3 rings (SSSR count). The monoisotopic (exact) mass is 328 g/mol. The lowest BCUT2D eigenvalue weighted by molar-refractivity contribution is -0.389. The lowest BCUT2D eigenvalue weighted by Crippen LogP contribution is -2.27. The predicted octanol–water partition coefficient (Wildman–Crippen LogP) is 2.09. The third-order valence-corrected chi connectivity index (χ3v) is 3.63. The molecule has 1 unspecified atom stereocenters.